The van der Waals surface area contributed by atoms with Gasteiger partial charge in [0.1, 0.15) is 6.79 Å². The molecule has 1 rings (SSSR count). The van der Waals surface area contributed by atoms with Gasteiger partial charge < -0.3 is 9.47 Å². The first-order valence-electron chi connectivity index (χ1n) is 4.37. The Kier molecular flexibility index (Phi) is 5.51. The first-order valence-corrected chi connectivity index (χ1v) is 5.59. The second kappa shape index (κ2) is 6.75. The number of rotatable bonds is 6. The highest BCUT2D eigenvalue weighted by Gasteiger charge is 1.96. The summed E-state index contributed by atoms with van der Waals surface area (Å²) in [6, 6.07) is 0. The Balaban J connectivity index is 2.29. The van der Waals surface area contributed by atoms with Crippen LogP contribution < -0.4 is 0 Å². The van der Waals surface area contributed by atoms with E-state index >= 15 is 0 Å². The third-order valence-corrected chi connectivity index (χ3v) is 2.08. The average Bonchev–Trinajstić information content (AvgIpc) is 2.25. The highest BCUT2D eigenvalue weighted by molar-refractivity contribution is 7.98. The lowest BCUT2D eigenvalue weighted by Gasteiger charge is -2.03. The van der Waals surface area contributed by atoms with Crippen molar-refractivity contribution < 1.29 is 9.47 Å². The molecule has 78 valence electrons. The normalized spacial score (nSPS) is 10.4. The second-order valence-electron chi connectivity index (χ2n) is 2.54. The fourth-order valence-electron chi connectivity index (χ4n) is 0.825. The van der Waals surface area contributed by atoms with Crippen LogP contribution in [0.25, 0.3) is 0 Å². The van der Waals surface area contributed by atoms with Gasteiger partial charge in [-0.25, -0.2) is 9.97 Å². The minimum Gasteiger partial charge on any atom is -0.356 e. The molecule has 5 heteroatoms. The van der Waals surface area contributed by atoms with E-state index in [0.717, 1.165) is 10.7 Å². The van der Waals surface area contributed by atoms with Gasteiger partial charge in [-0.2, -0.15) is 0 Å². The molecule has 1 heterocycles. The van der Waals surface area contributed by atoms with Crippen molar-refractivity contribution >= 4 is 11.8 Å². The van der Waals surface area contributed by atoms with Crippen LogP contribution >= 0.6 is 11.8 Å². The van der Waals surface area contributed by atoms with Gasteiger partial charge in [-0.3, -0.25) is 0 Å². The van der Waals surface area contributed by atoms with E-state index in [9.17, 15) is 0 Å². The molecule has 0 aliphatic rings. The third-order valence-electron chi connectivity index (χ3n) is 1.50. The largest absolute Gasteiger partial charge is 0.356 e. The SMILES string of the molecule is CCOCOCc1cnc(SC)nc1. The summed E-state index contributed by atoms with van der Waals surface area (Å²) in [5.74, 6) is 0. The predicted molar refractivity (Wildman–Crippen MR) is 55.1 cm³/mol. The molecule has 0 amide bonds. The van der Waals surface area contributed by atoms with Gasteiger partial charge >= 0.3 is 0 Å². The van der Waals surface area contributed by atoms with E-state index in [-0.39, 0.29) is 0 Å². The highest BCUT2D eigenvalue weighted by atomic mass is 32.2. The maximum Gasteiger partial charge on any atom is 0.187 e. The van der Waals surface area contributed by atoms with Gasteiger partial charge in [-0.05, 0) is 13.2 Å². The summed E-state index contributed by atoms with van der Waals surface area (Å²) in [4.78, 5) is 8.25. The van der Waals surface area contributed by atoms with Crippen molar-refractivity contribution in [3.05, 3.63) is 18.0 Å². The molecule has 0 fully saturated rings. The number of thioether (sulfide) groups is 1. The molecule has 0 bridgehead atoms. The molecule has 0 radical (unpaired) electrons. The summed E-state index contributed by atoms with van der Waals surface area (Å²) in [7, 11) is 0. The Labute approximate surface area is 88.0 Å². The topological polar surface area (TPSA) is 44.2 Å². The summed E-state index contributed by atoms with van der Waals surface area (Å²) in [6.45, 7) is 3.41. The van der Waals surface area contributed by atoms with Crippen molar-refractivity contribution in [2.45, 2.75) is 18.7 Å². The first kappa shape index (κ1) is 11.4. The zero-order valence-corrected chi connectivity index (χ0v) is 9.21. The molecule has 0 atom stereocenters. The Morgan fingerprint density at radius 2 is 2.00 bits per heavy atom. The Morgan fingerprint density at radius 3 is 2.57 bits per heavy atom. The van der Waals surface area contributed by atoms with Crippen LogP contribution in [0.15, 0.2) is 17.6 Å². The van der Waals surface area contributed by atoms with Crippen molar-refractivity contribution in [1.82, 2.24) is 9.97 Å². The standard InChI is InChI=1S/C9H14N2O2S/c1-3-12-7-13-6-8-4-10-9(14-2)11-5-8/h4-5H,3,6-7H2,1-2H3. The highest BCUT2D eigenvalue weighted by Crippen LogP contribution is 2.07. The molecule has 0 unspecified atom stereocenters. The minimum absolute atomic E-state index is 0.320. The molecule has 0 saturated heterocycles. The zero-order chi connectivity index (χ0) is 10.2. The molecule has 1 aromatic heterocycles. The lowest BCUT2D eigenvalue weighted by atomic mass is 10.4. The first-order chi connectivity index (χ1) is 6.86. The summed E-state index contributed by atoms with van der Waals surface area (Å²) in [5.41, 5.74) is 0.961. The molecule has 0 aliphatic heterocycles. The molecule has 0 N–H and O–H groups in total. The number of aromatic nitrogens is 2. The van der Waals surface area contributed by atoms with Gasteiger partial charge in [0.15, 0.2) is 5.16 Å². The predicted octanol–water partition coefficient (Wildman–Crippen LogP) is 1.71. The van der Waals surface area contributed by atoms with E-state index in [4.69, 9.17) is 9.47 Å². The van der Waals surface area contributed by atoms with Crippen molar-refractivity contribution in [3.63, 3.8) is 0 Å². The molecule has 0 saturated carbocycles. The lowest BCUT2D eigenvalue weighted by Crippen LogP contribution is -2.00. The molecule has 0 spiro atoms. The molecule has 1 aromatic rings. The van der Waals surface area contributed by atoms with Crippen molar-refractivity contribution in [3.8, 4) is 0 Å². The van der Waals surface area contributed by atoms with Crippen LogP contribution in [0.3, 0.4) is 0 Å². The fourth-order valence-corrected chi connectivity index (χ4v) is 1.14. The smallest absolute Gasteiger partial charge is 0.187 e. The molecule has 4 nitrogen and oxygen atoms in total. The number of nitrogens with zero attached hydrogens (tertiary/aromatic N) is 2. The minimum atomic E-state index is 0.320. The van der Waals surface area contributed by atoms with Crippen molar-refractivity contribution in [2.75, 3.05) is 19.7 Å². The number of hydrogen-bond acceptors (Lipinski definition) is 5. The molecule has 0 aliphatic carbocycles. The van der Waals surface area contributed by atoms with E-state index in [1.165, 1.54) is 11.8 Å². The van der Waals surface area contributed by atoms with Crippen LogP contribution in [0.1, 0.15) is 12.5 Å². The maximum atomic E-state index is 5.22. The van der Waals surface area contributed by atoms with Crippen LogP contribution in [0.5, 0.6) is 0 Å². The van der Waals surface area contributed by atoms with Gasteiger partial charge in [0.2, 0.25) is 0 Å². The monoisotopic (exact) mass is 214 g/mol. The van der Waals surface area contributed by atoms with E-state index in [0.29, 0.717) is 20.0 Å². The van der Waals surface area contributed by atoms with Crippen LogP contribution in [-0.2, 0) is 16.1 Å². The summed E-state index contributed by atoms with van der Waals surface area (Å²) < 4.78 is 10.3. The second-order valence-corrected chi connectivity index (χ2v) is 3.31. The van der Waals surface area contributed by atoms with Crippen LogP contribution in [0, 0.1) is 0 Å². The summed E-state index contributed by atoms with van der Waals surface area (Å²) in [5, 5.41) is 0.776. The summed E-state index contributed by atoms with van der Waals surface area (Å²) >= 11 is 1.52. The lowest BCUT2D eigenvalue weighted by molar-refractivity contribution is -0.0573. The molecule has 14 heavy (non-hydrogen) atoms. The van der Waals surface area contributed by atoms with E-state index in [1.807, 2.05) is 13.2 Å². The quantitative estimate of drug-likeness (QED) is 0.312. The van der Waals surface area contributed by atoms with Crippen molar-refractivity contribution in [1.29, 1.82) is 0 Å². The average molecular weight is 214 g/mol. The van der Waals surface area contributed by atoms with Crippen LogP contribution in [0.2, 0.25) is 0 Å². The molecular formula is C9H14N2O2S. The zero-order valence-electron chi connectivity index (χ0n) is 8.40. The Bertz CT molecular complexity index is 253. The van der Waals surface area contributed by atoms with Gasteiger partial charge in [0.05, 0.1) is 6.61 Å². The Morgan fingerprint density at radius 1 is 1.29 bits per heavy atom. The van der Waals surface area contributed by atoms with E-state index < -0.39 is 0 Å². The van der Waals surface area contributed by atoms with Gasteiger partial charge in [-0.15, -0.1) is 0 Å². The van der Waals surface area contributed by atoms with Crippen molar-refractivity contribution in [2.24, 2.45) is 0 Å². The summed E-state index contributed by atoms with van der Waals surface area (Å²) in [6.07, 6.45) is 5.48. The van der Waals surface area contributed by atoms with Gasteiger partial charge in [-0.1, -0.05) is 11.8 Å². The number of hydrogen-bond donors (Lipinski definition) is 0. The fraction of sp³-hybridized carbons (Fsp3) is 0.556. The van der Waals surface area contributed by atoms with Crippen LogP contribution in [-0.4, -0.2) is 29.6 Å². The van der Waals surface area contributed by atoms with Crippen LogP contribution in [0.4, 0.5) is 0 Å². The third kappa shape index (κ3) is 4.04. The number of ether oxygens (including phenoxy) is 2. The van der Waals surface area contributed by atoms with E-state index in [1.54, 1.807) is 12.4 Å². The van der Waals surface area contributed by atoms with Gasteiger partial charge in [0.25, 0.3) is 0 Å². The molecule has 0 aromatic carbocycles. The maximum absolute atomic E-state index is 5.22. The van der Waals surface area contributed by atoms with Gasteiger partial charge in [0, 0.05) is 24.6 Å². The van der Waals surface area contributed by atoms with E-state index in [2.05, 4.69) is 9.97 Å². The molecular weight excluding hydrogens is 200 g/mol. The Hall–Kier alpha value is -0.650.